The number of carbonyl (C=O) groups is 2. The van der Waals surface area contributed by atoms with Gasteiger partial charge in [0.15, 0.2) is 6.29 Å². The quantitative estimate of drug-likeness (QED) is 0.154. The highest BCUT2D eigenvalue weighted by molar-refractivity contribution is 7.90. The molecule has 1 saturated heterocycles. The number of hydrogen-bond donors (Lipinski definition) is 1. The summed E-state index contributed by atoms with van der Waals surface area (Å²) in [5, 5.41) is 0. The Bertz CT molecular complexity index is 1390. The molecule has 0 amide bonds. The smallest absolute Gasteiger partial charge is 0.324 e. The second-order valence-electron chi connectivity index (χ2n) is 11.0. The van der Waals surface area contributed by atoms with Gasteiger partial charge in [0.25, 0.3) is 0 Å². The number of methoxy groups -OCH3 is 2. The highest BCUT2D eigenvalue weighted by Crippen LogP contribution is 2.33. The van der Waals surface area contributed by atoms with Gasteiger partial charge in [0.05, 0.1) is 25.5 Å². The van der Waals surface area contributed by atoms with Gasteiger partial charge in [-0.3, -0.25) is 14.3 Å². The van der Waals surface area contributed by atoms with E-state index in [1.807, 2.05) is 36.4 Å². The van der Waals surface area contributed by atoms with Gasteiger partial charge in [-0.1, -0.05) is 60.7 Å². The van der Waals surface area contributed by atoms with E-state index in [9.17, 15) is 18.0 Å². The van der Waals surface area contributed by atoms with Crippen molar-refractivity contribution >= 4 is 28.2 Å². The third-order valence-electron chi connectivity index (χ3n) is 7.89. The number of nitrogens with one attached hydrogen (secondary N) is 1. The Hall–Kier alpha value is -3.89. The molecule has 0 aromatic heterocycles. The molecule has 4 rings (SSSR count). The number of aldehydes is 1. The van der Waals surface area contributed by atoms with Crippen LogP contribution in [0.25, 0.3) is 0 Å². The van der Waals surface area contributed by atoms with E-state index in [1.165, 1.54) is 41.8 Å². The average molecular weight is 623 g/mol. The van der Waals surface area contributed by atoms with Crippen LogP contribution < -0.4 is 14.2 Å². The molecular formula is C34H42N2O7S. The molecule has 0 saturated carbocycles. The molecule has 1 aliphatic heterocycles. The van der Waals surface area contributed by atoms with E-state index in [0.29, 0.717) is 38.4 Å². The largest absolute Gasteiger partial charge is 0.496 e. The zero-order chi connectivity index (χ0) is 31.4. The number of esters is 1. The third kappa shape index (κ3) is 9.06. The van der Waals surface area contributed by atoms with Crippen LogP contribution in [0.2, 0.25) is 0 Å². The number of aryl methyl sites for hydroxylation is 2. The minimum Gasteiger partial charge on any atom is -0.496 e. The van der Waals surface area contributed by atoms with E-state index in [-0.39, 0.29) is 35.4 Å². The summed E-state index contributed by atoms with van der Waals surface area (Å²) < 4.78 is 47.6. The Morgan fingerprint density at radius 3 is 1.95 bits per heavy atom. The molecular weight excluding hydrogens is 580 g/mol. The maximum absolute atomic E-state index is 13.6. The average Bonchev–Trinajstić information content (AvgIpc) is 3.05. The molecule has 1 fully saturated rings. The molecule has 3 aromatic rings. The van der Waals surface area contributed by atoms with Crippen molar-refractivity contribution in [3.63, 3.8) is 0 Å². The molecule has 9 nitrogen and oxygen atoms in total. The summed E-state index contributed by atoms with van der Waals surface area (Å²) in [6.45, 7) is 0.183. The minimum atomic E-state index is -4.16. The lowest BCUT2D eigenvalue weighted by molar-refractivity contribution is -0.155. The number of benzene rings is 3. The van der Waals surface area contributed by atoms with Crippen LogP contribution in [0.5, 0.6) is 11.5 Å². The first-order valence-corrected chi connectivity index (χ1v) is 16.6. The van der Waals surface area contributed by atoms with E-state index in [0.717, 1.165) is 25.7 Å². The van der Waals surface area contributed by atoms with Crippen LogP contribution >= 0.6 is 0 Å². The fourth-order valence-electron chi connectivity index (χ4n) is 5.61. The number of anilines is 1. The number of nitrogens with zero attached hydrogens (tertiary/aromatic N) is 1. The van der Waals surface area contributed by atoms with Gasteiger partial charge in [-0.2, -0.15) is 12.7 Å². The number of piperidine rings is 1. The molecule has 1 atom stereocenters. The molecule has 44 heavy (non-hydrogen) atoms. The van der Waals surface area contributed by atoms with Crippen LogP contribution in [-0.4, -0.2) is 57.9 Å². The van der Waals surface area contributed by atoms with Gasteiger partial charge >= 0.3 is 16.2 Å². The van der Waals surface area contributed by atoms with Crippen LogP contribution in [0, 0.1) is 0 Å². The molecule has 236 valence electrons. The first-order chi connectivity index (χ1) is 21.3. The van der Waals surface area contributed by atoms with E-state index in [2.05, 4.69) is 29.0 Å². The summed E-state index contributed by atoms with van der Waals surface area (Å²) in [7, 11) is -1.40. The van der Waals surface area contributed by atoms with Crippen molar-refractivity contribution in [2.45, 2.75) is 69.9 Å². The molecule has 3 aromatic carbocycles. The first-order valence-electron chi connectivity index (χ1n) is 15.1. The van der Waals surface area contributed by atoms with Crippen molar-refractivity contribution in [1.82, 2.24) is 4.31 Å². The molecule has 1 aliphatic rings. The highest BCUT2D eigenvalue weighted by Gasteiger charge is 2.39. The van der Waals surface area contributed by atoms with Crippen LogP contribution in [0.15, 0.2) is 72.8 Å². The summed E-state index contributed by atoms with van der Waals surface area (Å²) >= 11 is 0. The monoisotopic (exact) mass is 622 g/mol. The molecule has 0 unspecified atom stereocenters. The summed E-state index contributed by atoms with van der Waals surface area (Å²) in [5.41, 5.74) is 2.78. The van der Waals surface area contributed by atoms with E-state index in [4.69, 9.17) is 14.2 Å². The molecule has 10 heteroatoms. The van der Waals surface area contributed by atoms with Crippen molar-refractivity contribution < 1.29 is 32.2 Å². The minimum absolute atomic E-state index is 0.154. The van der Waals surface area contributed by atoms with E-state index >= 15 is 0 Å². The van der Waals surface area contributed by atoms with Gasteiger partial charge in [0, 0.05) is 18.7 Å². The lowest BCUT2D eigenvalue weighted by atomic mass is 10.0. The Morgan fingerprint density at radius 1 is 0.909 bits per heavy atom. The summed E-state index contributed by atoms with van der Waals surface area (Å²) in [6.07, 6.45) is 6.80. The molecule has 0 spiro atoms. The van der Waals surface area contributed by atoms with Gasteiger partial charge < -0.3 is 14.2 Å². The van der Waals surface area contributed by atoms with Crippen molar-refractivity contribution in [2.75, 3.05) is 25.5 Å². The zero-order valence-electron chi connectivity index (χ0n) is 25.4. The van der Waals surface area contributed by atoms with Crippen LogP contribution in [0.3, 0.4) is 0 Å². The number of ether oxygens (including phenoxy) is 3. The van der Waals surface area contributed by atoms with Gasteiger partial charge in [0.2, 0.25) is 0 Å². The van der Waals surface area contributed by atoms with Crippen molar-refractivity contribution in [2.24, 2.45) is 0 Å². The fraction of sp³-hybridized carbons (Fsp3) is 0.412. The SMILES string of the molecule is COc1cc(NS(=O)(=O)N2CCCC[C@H]2C(=O)OC(CCCc2ccccc2)CCCc2ccccc2)cc(OC)c1C=O. The van der Waals surface area contributed by atoms with E-state index < -0.39 is 22.2 Å². The first kappa shape index (κ1) is 33.0. The normalized spacial score (nSPS) is 15.5. The number of carbonyl (C=O) groups excluding carboxylic acids is 2. The van der Waals surface area contributed by atoms with Gasteiger partial charge in [-0.25, -0.2) is 0 Å². The van der Waals surface area contributed by atoms with Gasteiger partial charge in [-0.05, 0) is 68.9 Å². The Balaban J connectivity index is 1.46. The number of rotatable bonds is 16. The van der Waals surface area contributed by atoms with Crippen LogP contribution in [-0.2, 0) is 32.6 Å². The van der Waals surface area contributed by atoms with Crippen molar-refractivity contribution in [3.8, 4) is 11.5 Å². The van der Waals surface area contributed by atoms with Gasteiger partial charge in [0.1, 0.15) is 23.6 Å². The van der Waals surface area contributed by atoms with Crippen LogP contribution in [0.1, 0.15) is 66.4 Å². The molecule has 0 radical (unpaired) electrons. The third-order valence-corrected chi connectivity index (χ3v) is 9.44. The second-order valence-corrected chi connectivity index (χ2v) is 12.6. The second kappa shape index (κ2) is 16.3. The molecule has 1 heterocycles. The predicted octanol–water partition coefficient (Wildman–Crippen LogP) is 5.99. The Labute approximate surface area is 260 Å². The zero-order valence-corrected chi connectivity index (χ0v) is 26.3. The topological polar surface area (TPSA) is 111 Å². The standard InChI is InChI=1S/C34H42N2O7S/c1-41-32-23-28(24-33(42-2)30(32)25-37)35-44(39,40)36-22-10-9-21-31(36)34(38)43-29(19-11-17-26-13-5-3-6-14-26)20-12-18-27-15-7-4-8-16-27/h3-8,13-16,23-25,29,31,35H,9-12,17-22H2,1-2H3/t31-/m0/s1. The molecule has 0 bridgehead atoms. The summed E-state index contributed by atoms with van der Waals surface area (Å²) in [6, 6.07) is 22.3. The highest BCUT2D eigenvalue weighted by atomic mass is 32.2. The fourth-order valence-corrected chi connectivity index (χ4v) is 7.04. The predicted molar refractivity (Wildman–Crippen MR) is 170 cm³/mol. The summed E-state index contributed by atoms with van der Waals surface area (Å²) in [5.74, 6) is -0.188. The maximum atomic E-state index is 13.6. The number of hydrogen-bond acceptors (Lipinski definition) is 7. The van der Waals surface area contributed by atoms with E-state index in [1.54, 1.807) is 0 Å². The summed E-state index contributed by atoms with van der Waals surface area (Å²) in [4.78, 5) is 25.2. The lowest BCUT2D eigenvalue weighted by Gasteiger charge is -2.34. The van der Waals surface area contributed by atoms with Gasteiger partial charge in [-0.15, -0.1) is 0 Å². The maximum Gasteiger partial charge on any atom is 0.324 e. The van der Waals surface area contributed by atoms with Crippen LogP contribution in [0.4, 0.5) is 5.69 Å². The Morgan fingerprint density at radius 2 is 1.45 bits per heavy atom. The van der Waals surface area contributed by atoms with Crippen molar-refractivity contribution in [3.05, 3.63) is 89.5 Å². The molecule has 0 aliphatic carbocycles. The van der Waals surface area contributed by atoms with Crippen molar-refractivity contribution in [1.29, 1.82) is 0 Å². The Kier molecular flexibility index (Phi) is 12.2. The molecule has 1 N–H and O–H groups in total. The lowest BCUT2D eigenvalue weighted by Crippen LogP contribution is -2.51.